The number of hydrazine groups is 1. The van der Waals surface area contributed by atoms with Gasteiger partial charge in [-0.15, -0.1) is 0 Å². The van der Waals surface area contributed by atoms with Crippen molar-refractivity contribution in [3.8, 4) is 0 Å². The average molecular weight is 178 g/mol. The van der Waals surface area contributed by atoms with Crippen LogP contribution in [0.1, 0.15) is 6.92 Å². The van der Waals surface area contributed by atoms with Gasteiger partial charge in [0, 0.05) is 13.5 Å². The summed E-state index contributed by atoms with van der Waals surface area (Å²) >= 11 is 5.00. The van der Waals surface area contributed by atoms with Crippen molar-refractivity contribution in [2.45, 2.75) is 18.6 Å². The molecule has 0 aromatic heterocycles. The van der Waals surface area contributed by atoms with Crippen molar-refractivity contribution in [2.24, 2.45) is 5.84 Å². The summed E-state index contributed by atoms with van der Waals surface area (Å²) in [6.07, 6.45) is 0.129. The third-order valence-corrected chi connectivity index (χ3v) is 2.25. The van der Waals surface area contributed by atoms with Crippen LogP contribution in [0.4, 0.5) is 0 Å². The maximum absolute atomic E-state index is 8.65. The molecule has 0 aromatic rings. The smallest absolute Gasteiger partial charge is 0.170 e. The fourth-order valence-corrected chi connectivity index (χ4v) is 1.43. The van der Waals surface area contributed by atoms with Crippen LogP contribution < -0.4 is 16.3 Å². The first-order valence-corrected chi connectivity index (χ1v) is 4.05. The molecule has 1 saturated heterocycles. The molecule has 0 spiro atoms. The Kier molecular flexibility index (Phi) is 3.11. The van der Waals surface area contributed by atoms with Gasteiger partial charge in [0.25, 0.3) is 0 Å². The Labute approximate surface area is 71.5 Å². The minimum atomic E-state index is -0.184. The second-order valence-corrected chi connectivity index (χ2v) is 3.07. The maximum Gasteiger partial charge on any atom is 0.170 e. The molecule has 66 valence electrons. The van der Waals surface area contributed by atoms with Gasteiger partial charge < -0.3 is 17.7 Å². The number of hydrogen-bond acceptors (Lipinski definition) is 5. The molecule has 1 rings (SSSR count). The molecular formula is C5H14N4OS. The first-order chi connectivity index (χ1) is 5.16. The number of nitrogens with one attached hydrogen (secondary N) is 2. The zero-order chi connectivity index (χ0) is 8.43. The fraction of sp³-hybridized carbons (Fsp3) is 1.00. The van der Waals surface area contributed by atoms with Crippen molar-refractivity contribution in [1.29, 1.82) is 0 Å². The highest BCUT2D eigenvalue weighted by atomic mass is 32.1. The Bertz CT molecular complexity index is 136. The largest absolute Gasteiger partial charge is 0.707 e. The van der Waals surface area contributed by atoms with Crippen molar-refractivity contribution < 1.29 is 10.1 Å². The van der Waals surface area contributed by atoms with Gasteiger partial charge in [-0.25, -0.2) is 10.4 Å². The van der Waals surface area contributed by atoms with E-state index in [-0.39, 0.29) is 18.3 Å². The van der Waals surface area contributed by atoms with Crippen LogP contribution in [0.15, 0.2) is 0 Å². The van der Waals surface area contributed by atoms with Gasteiger partial charge in [-0.1, -0.05) is 0 Å². The van der Waals surface area contributed by atoms with E-state index in [1.807, 2.05) is 11.9 Å². The number of nitrogens with two attached hydrogens (primary N) is 1. The summed E-state index contributed by atoms with van der Waals surface area (Å²) in [5.74, 6) is 5.67. The zero-order valence-corrected chi connectivity index (χ0v) is 7.27. The number of rotatable bonds is 2. The standard InChI is InChI=1S/C5H14N4OS/c1-4-8(2-3-10)7-5(11)9(4)6/h4-5,7,10-11H,2-3,6H2,1H3. The van der Waals surface area contributed by atoms with Crippen molar-refractivity contribution in [2.75, 3.05) is 13.2 Å². The van der Waals surface area contributed by atoms with E-state index >= 15 is 0 Å². The van der Waals surface area contributed by atoms with Crippen LogP contribution in [0.5, 0.6) is 0 Å². The molecule has 0 bridgehead atoms. The molecule has 3 unspecified atom stereocenters. The molecule has 5 N–H and O–H groups in total. The number of aliphatic hydroxyl groups is 1. The molecule has 5 nitrogen and oxygen atoms in total. The first kappa shape index (κ1) is 9.24. The van der Waals surface area contributed by atoms with Gasteiger partial charge in [0.05, 0.1) is 12.1 Å². The molecule has 3 atom stereocenters. The number of hydrogen-bond donors (Lipinski definition) is 4. The lowest BCUT2D eigenvalue weighted by Gasteiger charge is -2.20. The molecule has 0 aromatic carbocycles. The maximum atomic E-state index is 8.65. The van der Waals surface area contributed by atoms with Gasteiger partial charge in [-0.05, 0) is 0 Å². The van der Waals surface area contributed by atoms with Gasteiger partial charge in [0.2, 0.25) is 0 Å². The van der Waals surface area contributed by atoms with Gasteiger partial charge >= 0.3 is 0 Å². The monoisotopic (exact) mass is 178 g/mol. The molecule has 11 heavy (non-hydrogen) atoms. The highest BCUT2D eigenvalue weighted by molar-refractivity contribution is 7.59. The van der Waals surface area contributed by atoms with Crippen LogP contribution in [0.3, 0.4) is 0 Å². The predicted octanol–water partition coefficient (Wildman–Crippen LogP) is -3.27. The molecule has 0 aliphatic carbocycles. The summed E-state index contributed by atoms with van der Waals surface area (Å²) in [4.78, 5) is 0. The Morgan fingerprint density at radius 3 is 2.82 bits per heavy atom. The van der Waals surface area contributed by atoms with E-state index in [9.17, 15) is 0 Å². The predicted molar refractivity (Wildman–Crippen MR) is 42.7 cm³/mol. The zero-order valence-electron chi connectivity index (χ0n) is 6.45. The quantitative estimate of drug-likeness (QED) is 0.264. The molecule has 1 fully saturated rings. The van der Waals surface area contributed by atoms with E-state index < -0.39 is 0 Å². The molecular weight excluding hydrogens is 164 g/mol. The second kappa shape index (κ2) is 3.70. The Hall–Kier alpha value is 0.150. The minimum Gasteiger partial charge on any atom is -0.707 e. The lowest BCUT2D eigenvalue weighted by Crippen LogP contribution is -3.22. The summed E-state index contributed by atoms with van der Waals surface area (Å²) in [5.41, 5.74) is 2.80. The first-order valence-electron chi connectivity index (χ1n) is 3.58. The Morgan fingerprint density at radius 2 is 2.45 bits per heavy atom. The lowest BCUT2D eigenvalue weighted by atomic mass is 10.5. The second-order valence-electron chi connectivity index (χ2n) is 2.60. The van der Waals surface area contributed by atoms with Crippen LogP contribution in [0, 0.1) is 0 Å². The van der Waals surface area contributed by atoms with Crippen LogP contribution in [0.2, 0.25) is 0 Å². The third kappa shape index (κ3) is 1.84. The fourth-order valence-electron chi connectivity index (χ4n) is 1.10. The van der Waals surface area contributed by atoms with Crippen molar-refractivity contribution >= 4 is 12.6 Å². The summed E-state index contributed by atoms with van der Waals surface area (Å²) in [6.45, 7) is 2.64. The molecule has 1 aliphatic heterocycles. The Morgan fingerprint density at radius 1 is 1.82 bits per heavy atom. The van der Waals surface area contributed by atoms with E-state index in [1.54, 1.807) is 0 Å². The lowest BCUT2D eigenvalue weighted by molar-refractivity contribution is -0.938. The average Bonchev–Trinajstić information content (AvgIpc) is 2.19. The summed E-state index contributed by atoms with van der Waals surface area (Å²) in [5, 5.41) is 11.3. The third-order valence-electron chi connectivity index (χ3n) is 1.88. The number of β-amino-alcohol motifs (C(OH)–C–C–N with tert-alkyl or cyclic N) is 1. The van der Waals surface area contributed by atoms with Crippen molar-refractivity contribution in [3.63, 3.8) is 0 Å². The van der Waals surface area contributed by atoms with Crippen LogP contribution in [-0.2, 0) is 12.6 Å². The number of aliphatic hydroxyl groups excluding tert-OH is 1. The SMILES string of the molecule is CC1N(CCO)NC([S-])[NH+]1N. The summed E-state index contributed by atoms with van der Waals surface area (Å²) < 4.78 is 0. The van der Waals surface area contributed by atoms with Crippen LogP contribution in [-0.4, -0.2) is 34.9 Å². The van der Waals surface area contributed by atoms with Gasteiger partial charge in [-0.3, -0.25) is 0 Å². The van der Waals surface area contributed by atoms with Gasteiger partial charge in [-0.2, -0.15) is 10.9 Å². The molecule has 6 heteroatoms. The topological polar surface area (TPSA) is 66.0 Å². The summed E-state index contributed by atoms with van der Waals surface area (Å²) in [7, 11) is 0. The molecule has 0 radical (unpaired) electrons. The minimum absolute atomic E-state index is 0.118. The van der Waals surface area contributed by atoms with Crippen molar-refractivity contribution in [3.05, 3.63) is 0 Å². The highest BCUT2D eigenvalue weighted by Gasteiger charge is 2.31. The highest BCUT2D eigenvalue weighted by Crippen LogP contribution is 1.92. The van der Waals surface area contributed by atoms with E-state index in [1.165, 1.54) is 0 Å². The van der Waals surface area contributed by atoms with E-state index in [0.29, 0.717) is 6.54 Å². The molecule has 0 saturated carbocycles. The summed E-state index contributed by atoms with van der Waals surface area (Å²) in [6, 6.07) is 0. The van der Waals surface area contributed by atoms with Gasteiger partial charge in [0.15, 0.2) is 6.17 Å². The molecule has 1 heterocycles. The number of quaternary nitrogens is 1. The van der Waals surface area contributed by atoms with E-state index in [4.69, 9.17) is 23.6 Å². The molecule has 1 aliphatic rings. The van der Waals surface area contributed by atoms with Crippen molar-refractivity contribution in [1.82, 2.24) is 10.4 Å². The normalized spacial score (nSPS) is 39.8. The van der Waals surface area contributed by atoms with Crippen LogP contribution >= 0.6 is 0 Å². The molecule has 0 amide bonds. The van der Waals surface area contributed by atoms with Crippen LogP contribution in [0.25, 0.3) is 0 Å². The number of nitrogens with zero attached hydrogens (tertiary/aromatic N) is 1. The van der Waals surface area contributed by atoms with Gasteiger partial charge in [0.1, 0.15) is 0 Å². The Balaban J connectivity index is 2.45. The van der Waals surface area contributed by atoms with E-state index in [0.717, 1.165) is 5.01 Å². The van der Waals surface area contributed by atoms with E-state index in [2.05, 4.69) is 5.43 Å².